The van der Waals surface area contributed by atoms with Crippen molar-refractivity contribution in [1.29, 1.82) is 0 Å². The number of benzene rings is 1. The van der Waals surface area contributed by atoms with Crippen LogP contribution >= 0.6 is 0 Å². The van der Waals surface area contributed by atoms with E-state index in [1.54, 1.807) is 0 Å². The van der Waals surface area contributed by atoms with Crippen LogP contribution in [0.1, 0.15) is 0 Å². The molecule has 0 unspecified atom stereocenters. The van der Waals surface area contributed by atoms with E-state index in [0.717, 1.165) is 18.2 Å². The highest BCUT2D eigenvalue weighted by molar-refractivity contribution is 5.91. The number of nitrogens with one attached hydrogen (secondary N) is 1. The number of hydrogen-bond acceptors (Lipinski definition) is 3. The molecule has 15 heavy (non-hydrogen) atoms. The average molecular weight is 216 g/mol. The maximum atomic E-state index is 12.9. The highest BCUT2D eigenvalue weighted by Crippen LogP contribution is 2.14. The summed E-state index contributed by atoms with van der Waals surface area (Å²) in [6.07, 6.45) is 0. The summed E-state index contributed by atoms with van der Waals surface area (Å²) in [7, 11) is 0. The first-order valence-corrected chi connectivity index (χ1v) is 3.86. The van der Waals surface area contributed by atoms with E-state index in [9.17, 15) is 23.7 Å². The van der Waals surface area contributed by atoms with Crippen molar-refractivity contribution in [2.75, 3.05) is 11.9 Å². The Bertz CT molecular complexity index is 409. The molecule has 0 saturated heterocycles. The topological polar surface area (TPSA) is 72.2 Å². The van der Waals surface area contributed by atoms with Gasteiger partial charge in [-0.3, -0.25) is 14.9 Å². The van der Waals surface area contributed by atoms with Crippen LogP contribution in [-0.2, 0) is 4.79 Å². The predicted octanol–water partition coefficient (Wildman–Crippen LogP) is 1.18. The molecule has 0 aromatic heterocycles. The smallest absolute Gasteiger partial charge is 0.296 e. The van der Waals surface area contributed by atoms with Crippen LogP contribution in [0.2, 0.25) is 0 Å². The van der Waals surface area contributed by atoms with Crippen molar-refractivity contribution < 1.29 is 18.5 Å². The molecule has 0 aliphatic rings. The molecule has 7 heteroatoms. The fourth-order valence-corrected chi connectivity index (χ4v) is 0.900. The zero-order valence-corrected chi connectivity index (χ0v) is 7.37. The molecular formula is C8H6F2N2O3. The summed E-state index contributed by atoms with van der Waals surface area (Å²) in [5.41, 5.74) is -0.415. The largest absolute Gasteiger partial charge is 0.318 e. The summed E-state index contributed by atoms with van der Waals surface area (Å²) in [5.74, 6) is -2.61. The second kappa shape index (κ2) is 4.45. The van der Waals surface area contributed by atoms with Crippen molar-refractivity contribution in [2.24, 2.45) is 0 Å². The number of hydrogen-bond donors (Lipinski definition) is 1. The third-order valence-electron chi connectivity index (χ3n) is 1.48. The normalized spacial score (nSPS) is 9.73. The third kappa shape index (κ3) is 3.29. The van der Waals surface area contributed by atoms with E-state index in [0.29, 0.717) is 0 Å². The number of anilines is 1. The molecule has 0 heterocycles. The van der Waals surface area contributed by atoms with Gasteiger partial charge in [0.1, 0.15) is 11.6 Å². The summed E-state index contributed by atoms with van der Waals surface area (Å²) >= 11 is 0. The molecule has 1 aromatic carbocycles. The molecule has 0 radical (unpaired) electrons. The Labute approximate surface area is 82.9 Å². The molecule has 1 rings (SSSR count). The van der Waals surface area contributed by atoms with Gasteiger partial charge < -0.3 is 5.32 Å². The fraction of sp³-hybridized carbons (Fsp3) is 0.125. The molecule has 5 nitrogen and oxygen atoms in total. The molecule has 1 amide bonds. The summed E-state index contributed by atoms with van der Waals surface area (Å²) < 4.78 is 25.5. The molecule has 0 saturated carbocycles. The van der Waals surface area contributed by atoms with Crippen molar-refractivity contribution in [2.45, 2.75) is 0 Å². The maximum Gasteiger partial charge on any atom is 0.296 e. The summed E-state index contributed by atoms with van der Waals surface area (Å²) in [6, 6.07) is 2.43. The first-order chi connectivity index (χ1) is 6.99. The molecule has 1 aromatic rings. The lowest BCUT2D eigenvalue weighted by molar-refractivity contribution is -0.467. The van der Waals surface area contributed by atoms with E-state index >= 15 is 0 Å². The first kappa shape index (κ1) is 11.0. The highest BCUT2D eigenvalue weighted by Gasteiger charge is 2.12. The summed E-state index contributed by atoms with van der Waals surface area (Å²) in [6.45, 7) is -0.990. The van der Waals surface area contributed by atoms with Gasteiger partial charge >= 0.3 is 0 Å². The van der Waals surface area contributed by atoms with Gasteiger partial charge in [0.25, 0.3) is 12.5 Å². The molecule has 80 valence electrons. The Morgan fingerprint density at radius 1 is 1.47 bits per heavy atom. The number of carbonyl (C=O) groups excluding carboxylic acids is 1. The van der Waals surface area contributed by atoms with Crippen LogP contribution < -0.4 is 5.32 Å². The van der Waals surface area contributed by atoms with E-state index in [2.05, 4.69) is 0 Å². The minimum absolute atomic E-state index is 0.415. The minimum Gasteiger partial charge on any atom is -0.318 e. The Balaban J connectivity index is 2.76. The van der Waals surface area contributed by atoms with Crippen LogP contribution in [0.3, 0.4) is 0 Å². The van der Waals surface area contributed by atoms with Crippen molar-refractivity contribution in [3.05, 3.63) is 39.9 Å². The van der Waals surface area contributed by atoms with Crippen molar-refractivity contribution in [1.82, 2.24) is 0 Å². The molecular weight excluding hydrogens is 210 g/mol. The third-order valence-corrected chi connectivity index (χ3v) is 1.48. The Morgan fingerprint density at radius 2 is 2.13 bits per heavy atom. The number of rotatable bonds is 3. The van der Waals surface area contributed by atoms with E-state index in [-0.39, 0.29) is 0 Å². The standard InChI is InChI=1S/C8H6F2N2O3/c9-5-1-2-6(10)7(3-5)11-8(13)4-12(14)15/h1-3H,4H2,(H,11,13). The monoisotopic (exact) mass is 216 g/mol. The molecule has 0 fully saturated rings. The second-order valence-electron chi connectivity index (χ2n) is 2.66. The van der Waals surface area contributed by atoms with Crippen LogP contribution in [0.4, 0.5) is 14.5 Å². The number of halogens is 2. The van der Waals surface area contributed by atoms with Gasteiger partial charge in [-0.2, -0.15) is 0 Å². The minimum atomic E-state index is -1.01. The van der Waals surface area contributed by atoms with Crippen LogP contribution in [0.25, 0.3) is 0 Å². The molecule has 0 aliphatic carbocycles. The van der Waals surface area contributed by atoms with E-state index in [1.165, 1.54) is 0 Å². The fourth-order valence-electron chi connectivity index (χ4n) is 0.900. The predicted molar refractivity (Wildman–Crippen MR) is 46.8 cm³/mol. The van der Waals surface area contributed by atoms with E-state index in [1.807, 2.05) is 5.32 Å². The zero-order valence-electron chi connectivity index (χ0n) is 7.37. The van der Waals surface area contributed by atoms with Crippen LogP contribution in [0.5, 0.6) is 0 Å². The van der Waals surface area contributed by atoms with Crippen molar-refractivity contribution in [3.8, 4) is 0 Å². The van der Waals surface area contributed by atoms with E-state index in [4.69, 9.17) is 0 Å². The Kier molecular flexibility index (Phi) is 3.27. The van der Waals surface area contributed by atoms with Crippen LogP contribution in [-0.4, -0.2) is 17.4 Å². The first-order valence-electron chi connectivity index (χ1n) is 3.86. The molecule has 1 N–H and O–H groups in total. The van der Waals surface area contributed by atoms with Gasteiger partial charge in [0.2, 0.25) is 0 Å². The Morgan fingerprint density at radius 3 is 2.73 bits per heavy atom. The number of carbonyl (C=O) groups is 1. The number of nitrogens with zero attached hydrogens (tertiary/aromatic N) is 1. The average Bonchev–Trinajstić information content (AvgIpc) is 2.10. The molecule has 0 spiro atoms. The number of amides is 1. The lowest BCUT2D eigenvalue weighted by atomic mass is 10.3. The van der Waals surface area contributed by atoms with E-state index < -0.39 is 34.7 Å². The molecule has 0 atom stereocenters. The van der Waals surface area contributed by atoms with Crippen LogP contribution in [0.15, 0.2) is 18.2 Å². The zero-order chi connectivity index (χ0) is 11.4. The van der Waals surface area contributed by atoms with Crippen LogP contribution in [0, 0.1) is 21.7 Å². The molecule has 0 bridgehead atoms. The lowest BCUT2D eigenvalue weighted by Gasteiger charge is -2.03. The molecule has 0 aliphatic heterocycles. The number of nitro groups is 1. The second-order valence-corrected chi connectivity index (χ2v) is 2.66. The lowest BCUT2D eigenvalue weighted by Crippen LogP contribution is -2.22. The van der Waals surface area contributed by atoms with Gasteiger partial charge in [-0.1, -0.05) is 0 Å². The van der Waals surface area contributed by atoms with Gasteiger partial charge in [-0.15, -0.1) is 0 Å². The van der Waals surface area contributed by atoms with Gasteiger partial charge in [0.05, 0.1) is 5.69 Å². The summed E-state index contributed by atoms with van der Waals surface area (Å²) in [4.78, 5) is 19.9. The van der Waals surface area contributed by atoms with Gasteiger partial charge in [0, 0.05) is 11.0 Å². The maximum absolute atomic E-state index is 12.9. The van der Waals surface area contributed by atoms with Crippen molar-refractivity contribution in [3.63, 3.8) is 0 Å². The Hall–Kier alpha value is -2.05. The van der Waals surface area contributed by atoms with Gasteiger partial charge in [0.15, 0.2) is 0 Å². The summed E-state index contributed by atoms with van der Waals surface area (Å²) in [5, 5.41) is 11.8. The van der Waals surface area contributed by atoms with Gasteiger partial charge in [-0.25, -0.2) is 8.78 Å². The van der Waals surface area contributed by atoms with Crippen molar-refractivity contribution >= 4 is 11.6 Å². The SMILES string of the molecule is O=C(C[N+](=O)[O-])Nc1cc(F)ccc1F. The van der Waals surface area contributed by atoms with Gasteiger partial charge in [-0.05, 0) is 12.1 Å². The highest BCUT2D eigenvalue weighted by atomic mass is 19.1. The quantitative estimate of drug-likeness (QED) is 0.609.